The minimum Gasteiger partial charge on any atom is -0.271 e. The Labute approximate surface area is 140 Å². The molecular formula is C16H23IN4. The van der Waals surface area contributed by atoms with Crippen molar-refractivity contribution in [1.29, 1.82) is 0 Å². The Hall–Kier alpha value is -0.920. The molecule has 0 spiro atoms. The van der Waals surface area contributed by atoms with Gasteiger partial charge in [-0.05, 0) is 60.1 Å². The van der Waals surface area contributed by atoms with Gasteiger partial charge < -0.3 is 0 Å². The van der Waals surface area contributed by atoms with Crippen molar-refractivity contribution in [2.75, 3.05) is 0 Å². The largest absolute Gasteiger partial charge is 0.271 e. The first-order valence-corrected chi connectivity index (χ1v) is 8.39. The third-order valence-corrected chi connectivity index (χ3v) is 5.39. The van der Waals surface area contributed by atoms with E-state index in [9.17, 15) is 0 Å². The zero-order chi connectivity index (χ0) is 15.4. The Morgan fingerprint density at radius 3 is 2.81 bits per heavy atom. The van der Waals surface area contributed by atoms with Crippen molar-refractivity contribution in [3.05, 3.63) is 50.9 Å². The van der Waals surface area contributed by atoms with Crippen LogP contribution in [0, 0.1) is 10.5 Å². The fourth-order valence-electron chi connectivity index (χ4n) is 2.33. The molecule has 4 nitrogen and oxygen atoms in total. The van der Waals surface area contributed by atoms with E-state index in [2.05, 4.69) is 84.3 Å². The lowest BCUT2D eigenvalue weighted by Crippen LogP contribution is -2.30. The number of hydrazine groups is 1. The van der Waals surface area contributed by atoms with Crippen LogP contribution < -0.4 is 11.3 Å². The molecule has 2 atom stereocenters. The summed E-state index contributed by atoms with van der Waals surface area (Å²) in [6.45, 7) is 6.47. The van der Waals surface area contributed by atoms with Crippen molar-refractivity contribution in [2.45, 2.75) is 45.7 Å². The predicted molar refractivity (Wildman–Crippen MR) is 94.9 cm³/mol. The third-order valence-electron chi connectivity index (χ3n) is 3.92. The van der Waals surface area contributed by atoms with E-state index in [0.29, 0.717) is 6.04 Å². The van der Waals surface area contributed by atoms with Gasteiger partial charge in [0.1, 0.15) is 0 Å². The summed E-state index contributed by atoms with van der Waals surface area (Å²) in [7, 11) is 0. The number of aromatic nitrogens is 2. The molecule has 0 saturated heterocycles. The van der Waals surface area contributed by atoms with Gasteiger partial charge in [0.15, 0.2) is 0 Å². The molecule has 0 amide bonds. The first kappa shape index (κ1) is 16.5. The highest BCUT2D eigenvalue weighted by molar-refractivity contribution is 14.1. The normalized spacial score (nSPS) is 14.1. The summed E-state index contributed by atoms with van der Waals surface area (Å²) in [6.07, 6.45) is 3.92. The number of nitrogens with one attached hydrogen (secondary N) is 1. The molecular weight excluding hydrogens is 375 g/mol. The van der Waals surface area contributed by atoms with E-state index < -0.39 is 0 Å². The smallest absolute Gasteiger partial charge is 0.0644 e. The topological polar surface area (TPSA) is 55.9 Å². The highest BCUT2D eigenvalue weighted by atomic mass is 127. The van der Waals surface area contributed by atoms with Gasteiger partial charge in [0, 0.05) is 22.2 Å². The molecule has 1 aromatic heterocycles. The second-order valence-corrected chi connectivity index (χ2v) is 6.52. The van der Waals surface area contributed by atoms with Gasteiger partial charge in [-0.25, -0.2) is 0 Å². The first-order chi connectivity index (χ1) is 10.1. The van der Waals surface area contributed by atoms with Crippen LogP contribution in [0.25, 0.3) is 0 Å². The summed E-state index contributed by atoms with van der Waals surface area (Å²) < 4.78 is 3.30. The molecule has 0 aliphatic rings. The molecule has 2 unspecified atom stereocenters. The third kappa shape index (κ3) is 3.84. The number of halogens is 1. The quantitative estimate of drug-likeness (QED) is 0.445. The fraction of sp³-hybridized carbons (Fsp3) is 0.438. The minimum absolute atomic E-state index is 0.0806. The second-order valence-electron chi connectivity index (χ2n) is 5.45. The van der Waals surface area contributed by atoms with Crippen LogP contribution in [0.5, 0.6) is 0 Å². The number of rotatable bonds is 6. The van der Waals surface area contributed by atoms with Gasteiger partial charge in [0.25, 0.3) is 0 Å². The first-order valence-electron chi connectivity index (χ1n) is 7.32. The lowest BCUT2D eigenvalue weighted by molar-refractivity contribution is 0.467. The van der Waals surface area contributed by atoms with Gasteiger partial charge in [0.2, 0.25) is 0 Å². The highest BCUT2D eigenvalue weighted by Gasteiger charge is 2.16. The SMILES string of the molecule is CCC(C)n1ccc(CC(NN)c2cccc(C)c2I)n1. The maximum absolute atomic E-state index is 5.78. The molecule has 0 aliphatic heterocycles. The zero-order valence-corrected chi connectivity index (χ0v) is 15.0. The molecule has 1 heterocycles. The van der Waals surface area contributed by atoms with Gasteiger partial charge in [-0.3, -0.25) is 16.0 Å². The average molecular weight is 398 g/mol. The monoisotopic (exact) mass is 398 g/mol. The summed E-state index contributed by atoms with van der Waals surface area (Å²) in [5, 5.41) is 4.67. The van der Waals surface area contributed by atoms with Crippen molar-refractivity contribution in [3.63, 3.8) is 0 Å². The van der Waals surface area contributed by atoms with Crippen molar-refractivity contribution >= 4 is 22.6 Å². The van der Waals surface area contributed by atoms with E-state index in [1.807, 2.05) is 4.68 Å². The van der Waals surface area contributed by atoms with Crippen LogP contribution in [0.15, 0.2) is 30.5 Å². The molecule has 0 bridgehead atoms. The highest BCUT2D eigenvalue weighted by Crippen LogP contribution is 2.25. The van der Waals surface area contributed by atoms with Crippen LogP contribution in [-0.4, -0.2) is 9.78 Å². The predicted octanol–water partition coefficient (Wildman–Crippen LogP) is 3.51. The molecule has 114 valence electrons. The number of benzene rings is 1. The van der Waals surface area contributed by atoms with Gasteiger partial charge in [-0.1, -0.05) is 25.1 Å². The molecule has 21 heavy (non-hydrogen) atoms. The number of nitrogens with zero attached hydrogens (tertiary/aromatic N) is 2. The van der Waals surface area contributed by atoms with E-state index in [1.54, 1.807) is 0 Å². The fourth-order valence-corrected chi connectivity index (χ4v) is 3.06. The maximum atomic E-state index is 5.78. The standard InChI is InChI=1S/C16H23IN4/c1-4-12(3)21-9-8-13(20-21)10-15(19-18)14-7-5-6-11(2)16(14)17/h5-9,12,15,19H,4,10,18H2,1-3H3. The lowest BCUT2D eigenvalue weighted by Gasteiger charge is -2.18. The van der Waals surface area contributed by atoms with E-state index in [4.69, 9.17) is 5.84 Å². The number of nitrogens with two attached hydrogens (primary N) is 1. The Bertz CT molecular complexity index is 594. The molecule has 5 heteroatoms. The van der Waals surface area contributed by atoms with Crippen LogP contribution >= 0.6 is 22.6 Å². The molecule has 3 N–H and O–H groups in total. The Kier molecular flexibility index (Phi) is 5.78. The van der Waals surface area contributed by atoms with Crippen molar-refractivity contribution in [3.8, 4) is 0 Å². The van der Waals surface area contributed by atoms with E-state index in [-0.39, 0.29) is 6.04 Å². The summed E-state index contributed by atoms with van der Waals surface area (Å²) in [4.78, 5) is 0. The van der Waals surface area contributed by atoms with E-state index in [1.165, 1.54) is 14.7 Å². The molecule has 1 aromatic carbocycles. The zero-order valence-electron chi connectivity index (χ0n) is 12.8. The van der Waals surface area contributed by atoms with E-state index in [0.717, 1.165) is 18.5 Å². The Morgan fingerprint density at radius 2 is 2.14 bits per heavy atom. The number of hydrogen-bond donors (Lipinski definition) is 2. The Balaban J connectivity index is 2.19. The molecule has 0 saturated carbocycles. The maximum Gasteiger partial charge on any atom is 0.0644 e. The summed E-state index contributed by atoms with van der Waals surface area (Å²) >= 11 is 2.39. The van der Waals surface area contributed by atoms with Crippen LogP contribution in [0.2, 0.25) is 0 Å². The van der Waals surface area contributed by atoms with Gasteiger partial charge >= 0.3 is 0 Å². The van der Waals surface area contributed by atoms with Crippen molar-refractivity contribution in [2.24, 2.45) is 5.84 Å². The Morgan fingerprint density at radius 1 is 1.38 bits per heavy atom. The van der Waals surface area contributed by atoms with Gasteiger partial charge in [0.05, 0.1) is 11.7 Å². The van der Waals surface area contributed by atoms with Crippen LogP contribution in [0.3, 0.4) is 0 Å². The summed E-state index contributed by atoms with van der Waals surface area (Å²) in [5.74, 6) is 5.78. The van der Waals surface area contributed by atoms with Crippen LogP contribution in [-0.2, 0) is 6.42 Å². The van der Waals surface area contributed by atoms with Crippen LogP contribution in [0.1, 0.15) is 49.2 Å². The number of hydrogen-bond acceptors (Lipinski definition) is 3. The van der Waals surface area contributed by atoms with Crippen LogP contribution in [0.4, 0.5) is 0 Å². The molecule has 0 radical (unpaired) electrons. The second kappa shape index (κ2) is 7.38. The van der Waals surface area contributed by atoms with Crippen molar-refractivity contribution in [1.82, 2.24) is 15.2 Å². The van der Waals surface area contributed by atoms with E-state index >= 15 is 0 Å². The minimum atomic E-state index is 0.0806. The summed E-state index contributed by atoms with van der Waals surface area (Å²) in [6, 6.07) is 8.93. The van der Waals surface area contributed by atoms with Gasteiger partial charge in [-0.15, -0.1) is 0 Å². The molecule has 0 fully saturated rings. The lowest BCUT2D eigenvalue weighted by atomic mass is 10.0. The molecule has 2 rings (SSSR count). The number of aryl methyl sites for hydroxylation is 1. The van der Waals surface area contributed by atoms with Gasteiger partial charge in [-0.2, -0.15) is 5.10 Å². The molecule has 2 aromatic rings. The summed E-state index contributed by atoms with van der Waals surface area (Å²) in [5.41, 5.74) is 6.51. The average Bonchev–Trinajstić information content (AvgIpc) is 2.95. The van der Waals surface area contributed by atoms with Crippen molar-refractivity contribution < 1.29 is 0 Å². The molecule has 0 aliphatic carbocycles.